The predicted molar refractivity (Wildman–Crippen MR) is 70.7 cm³/mol. The predicted octanol–water partition coefficient (Wildman–Crippen LogP) is 1.15. The fourth-order valence-electron chi connectivity index (χ4n) is 2.05. The van der Waals surface area contributed by atoms with E-state index in [-0.39, 0.29) is 23.6 Å². The molecule has 0 saturated carbocycles. The van der Waals surface area contributed by atoms with Gasteiger partial charge in [-0.05, 0) is 12.1 Å². The molecule has 2 amide bonds. The minimum Gasteiger partial charge on any atom is -0.469 e. The Kier molecular flexibility index (Phi) is 4.42. The molecule has 1 fully saturated rings. The number of hydrazine groups is 1. The van der Waals surface area contributed by atoms with Crippen molar-refractivity contribution in [1.82, 2.24) is 10.4 Å². The van der Waals surface area contributed by atoms with Crippen LogP contribution in [-0.4, -0.2) is 36.4 Å². The molecule has 1 unspecified atom stereocenters. The first-order valence-electron chi connectivity index (χ1n) is 6.07. The van der Waals surface area contributed by atoms with Gasteiger partial charge in [-0.2, -0.15) is 0 Å². The Bertz CT molecular complexity index is 588. The van der Waals surface area contributed by atoms with E-state index in [0.29, 0.717) is 0 Å². The molecule has 0 radical (unpaired) electrons. The van der Waals surface area contributed by atoms with Crippen LogP contribution in [-0.2, 0) is 14.3 Å². The van der Waals surface area contributed by atoms with Crippen molar-refractivity contribution in [2.75, 3.05) is 13.7 Å². The van der Waals surface area contributed by atoms with E-state index in [1.54, 1.807) is 0 Å². The number of nitrogens with one attached hydrogen (secondary N) is 1. The Labute approximate surface area is 124 Å². The minimum atomic E-state index is -0.819. The van der Waals surface area contributed by atoms with Crippen molar-refractivity contribution in [2.24, 2.45) is 5.92 Å². The van der Waals surface area contributed by atoms with Gasteiger partial charge in [0, 0.05) is 6.42 Å². The number of halogens is 2. The number of hydrogen-bond donors (Lipinski definition) is 1. The fourth-order valence-corrected chi connectivity index (χ4v) is 2.29. The fraction of sp³-hybridized carbons (Fsp3) is 0.308. The number of rotatable bonds is 2. The van der Waals surface area contributed by atoms with Gasteiger partial charge in [0.1, 0.15) is 5.82 Å². The van der Waals surface area contributed by atoms with Crippen molar-refractivity contribution in [3.63, 3.8) is 0 Å². The Morgan fingerprint density at radius 1 is 1.48 bits per heavy atom. The lowest BCUT2D eigenvalue weighted by molar-refractivity contribution is -0.151. The summed E-state index contributed by atoms with van der Waals surface area (Å²) < 4.78 is 18.3. The zero-order chi connectivity index (χ0) is 15.6. The van der Waals surface area contributed by atoms with Crippen LogP contribution in [0.25, 0.3) is 0 Å². The van der Waals surface area contributed by atoms with Crippen molar-refractivity contribution < 1.29 is 23.5 Å². The van der Waals surface area contributed by atoms with Crippen LogP contribution in [0, 0.1) is 11.7 Å². The lowest BCUT2D eigenvalue weighted by Gasteiger charge is -2.31. The summed E-state index contributed by atoms with van der Waals surface area (Å²) in [6.45, 7) is -0.109. The van der Waals surface area contributed by atoms with Crippen LogP contribution in [0.15, 0.2) is 18.2 Å². The maximum Gasteiger partial charge on any atom is 0.311 e. The van der Waals surface area contributed by atoms with E-state index in [4.69, 9.17) is 11.6 Å². The molecular formula is C13H12ClFN2O4. The SMILES string of the molecule is COC(=O)C1CC(=O)NN(C(=O)c2c(F)cccc2Cl)C1. The highest BCUT2D eigenvalue weighted by Gasteiger charge is 2.35. The van der Waals surface area contributed by atoms with Gasteiger partial charge in [-0.3, -0.25) is 19.8 Å². The molecule has 112 valence electrons. The Hall–Kier alpha value is -2.15. The van der Waals surface area contributed by atoms with E-state index >= 15 is 0 Å². The molecule has 1 saturated heterocycles. The topological polar surface area (TPSA) is 75.7 Å². The van der Waals surface area contributed by atoms with Gasteiger partial charge in [-0.1, -0.05) is 17.7 Å². The first-order chi connectivity index (χ1) is 9.93. The summed E-state index contributed by atoms with van der Waals surface area (Å²) in [5.74, 6) is -3.56. The second-order valence-corrected chi connectivity index (χ2v) is 4.88. The highest BCUT2D eigenvalue weighted by molar-refractivity contribution is 6.33. The van der Waals surface area contributed by atoms with E-state index in [2.05, 4.69) is 10.2 Å². The number of esters is 1. The van der Waals surface area contributed by atoms with Crippen LogP contribution in [0.3, 0.4) is 0 Å². The van der Waals surface area contributed by atoms with Gasteiger partial charge in [0.05, 0.1) is 30.2 Å². The van der Waals surface area contributed by atoms with Gasteiger partial charge in [0.15, 0.2) is 0 Å². The molecular weight excluding hydrogens is 303 g/mol. The van der Waals surface area contributed by atoms with Crippen molar-refractivity contribution in [2.45, 2.75) is 6.42 Å². The molecule has 0 aromatic heterocycles. The third-order valence-corrected chi connectivity index (χ3v) is 3.37. The number of carbonyl (C=O) groups excluding carboxylic acids is 3. The third kappa shape index (κ3) is 3.13. The summed E-state index contributed by atoms with van der Waals surface area (Å²) in [4.78, 5) is 35.4. The number of amides is 2. The second-order valence-electron chi connectivity index (χ2n) is 4.47. The zero-order valence-corrected chi connectivity index (χ0v) is 11.8. The molecule has 1 aliphatic rings. The van der Waals surface area contributed by atoms with Gasteiger partial charge in [0.2, 0.25) is 5.91 Å². The molecule has 1 aliphatic heterocycles. The highest BCUT2D eigenvalue weighted by atomic mass is 35.5. The molecule has 21 heavy (non-hydrogen) atoms. The Balaban J connectivity index is 2.26. The first-order valence-corrected chi connectivity index (χ1v) is 6.45. The molecule has 6 nitrogen and oxygen atoms in total. The standard InChI is InChI=1S/C13H12ClFN2O4/c1-21-13(20)7-5-10(18)16-17(6-7)12(19)11-8(14)3-2-4-9(11)15/h2-4,7H,5-6H2,1H3,(H,16,18). The van der Waals surface area contributed by atoms with Crippen molar-refractivity contribution >= 4 is 29.4 Å². The Morgan fingerprint density at radius 3 is 2.81 bits per heavy atom. The van der Waals surface area contributed by atoms with E-state index in [0.717, 1.165) is 11.1 Å². The van der Waals surface area contributed by atoms with E-state index in [9.17, 15) is 18.8 Å². The number of nitrogens with zero attached hydrogens (tertiary/aromatic N) is 1. The number of carbonyl (C=O) groups is 3. The second kappa shape index (κ2) is 6.09. The molecule has 2 rings (SSSR count). The monoisotopic (exact) mass is 314 g/mol. The molecule has 1 aromatic rings. The van der Waals surface area contributed by atoms with E-state index in [1.807, 2.05) is 0 Å². The Morgan fingerprint density at radius 2 is 2.19 bits per heavy atom. The summed E-state index contributed by atoms with van der Waals surface area (Å²) in [7, 11) is 1.19. The number of methoxy groups -OCH3 is 1. The average Bonchev–Trinajstić information content (AvgIpc) is 2.45. The van der Waals surface area contributed by atoms with Crippen molar-refractivity contribution in [3.8, 4) is 0 Å². The van der Waals surface area contributed by atoms with Crippen LogP contribution in [0.4, 0.5) is 4.39 Å². The lowest BCUT2D eigenvalue weighted by atomic mass is 10.0. The maximum absolute atomic E-state index is 13.7. The first kappa shape index (κ1) is 15.2. The van der Waals surface area contributed by atoms with E-state index in [1.165, 1.54) is 19.2 Å². The third-order valence-electron chi connectivity index (χ3n) is 3.05. The zero-order valence-electron chi connectivity index (χ0n) is 11.1. The lowest BCUT2D eigenvalue weighted by Crippen LogP contribution is -2.55. The summed E-state index contributed by atoms with van der Waals surface area (Å²) in [6.07, 6.45) is -0.0958. The van der Waals surface area contributed by atoms with Crippen LogP contribution in [0.2, 0.25) is 5.02 Å². The minimum absolute atomic E-state index is 0.0746. The normalized spacial score (nSPS) is 18.1. The number of benzene rings is 1. The van der Waals surface area contributed by atoms with Crippen LogP contribution >= 0.6 is 11.6 Å². The van der Waals surface area contributed by atoms with Gasteiger partial charge in [0.25, 0.3) is 5.91 Å². The average molecular weight is 315 g/mol. The smallest absolute Gasteiger partial charge is 0.311 e. The molecule has 1 aromatic carbocycles. The van der Waals surface area contributed by atoms with Crippen LogP contribution in [0.5, 0.6) is 0 Å². The molecule has 0 bridgehead atoms. The quantitative estimate of drug-likeness (QED) is 0.831. The van der Waals surface area contributed by atoms with Gasteiger partial charge < -0.3 is 4.74 Å². The molecule has 8 heteroatoms. The molecule has 1 N–H and O–H groups in total. The van der Waals surface area contributed by atoms with Gasteiger partial charge in [-0.25, -0.2) is 9.40 Å². The van der Waals surface area contributed by atoms with Crippen molar-refractivity contribution in [3.05, 3.63) is 34.6 Å². The molecule has 1 heterocycles. The molecule has 0 spiro atoms. The number of ether oxygens (including phenoxy) is 1. The highest BCUT2D eigenvalue weighted by Crippen LogP contribution is 2.22. The van der Waals surface area contributed by atoms with Crippen LogP contribution in [0.1, 0.15) is 16.8 Å². The van der Waals surface area contributed by atoms with E-state index < -0.39 is 29.5 Å². The molecule has 0 aliphatic carbocycles. The number of hydrogen-bond acceptors (Lipinski definition) is 4. The summed E-state index contributed by atoms with van der Waals surface area (Å²) in [6, 6.07) is 3.81. The summed E-state index contributed by atoms with van der Waals surface area (Å²) >= 11 is 5.81. The largest absolute Gasteiger partial charge is 0.469 e. The summed E-state index contributed by atoms with van der Waals surface area (Å²) in [5.41, 5.74) is 1.93. The van der Waals surface area contributed by atoms with Crippen molar-refractivity contribution in [1.29, 1.82) is 0 Å². The summed E-state index contributed by atoms with van der Waals surface area (Å²) in [5, 5.41) is 0.798. The van der Waals surface area contributed by atoms with Crippen LogP contribution < -0.4 is 5.43 Å². The van der Waals surface area contributed by atoms with Gasteiger partial charge in [-0.15, -0.1) is 0 Å². The molecule has 1 atom stereocenters. The van der Waals surface area contributed by atoms with Gasteiger partial charge >= 0.3 is 5.97 Å². The maximum atomic E-state index is 13.7.